The van der Waals surface area contributed by atoms with Crippen molar-refractivity contribution in [2.24, 2.45) is 0 Å². The van der Waals surface area contributed by atoms with Gasteiger partial charge in [0.15, 0.2) is 6.10 Å². The van der Waals surface area contributed by atoms with Crippen LogP contribution in [-0.2, 0) is 9.59 Å². The third kappa shape index (κ3) is 14.0. The molecule has 0 saturated carbocycles. The smallest absolute Gasteiger partial charge is 0.250 e. The summed E-state index contributed by atoms with van der Waals surface area (Å²) in [5, 5.41) is 15.6. The molecule has 0 aliphatic heterocycles. The van der Waals surface area contributed by atoms with Crippen LogP contribution in [-0.4, -0.2) is 35.6 Å². The van der Waals surface area contributed by atoms with E-state index in [1.165, 1.54) is 70.3 Å². The highest BCUT2D eigenvalue weighted by Crippen LogP contribution is 2.11. The number of carbonyl (C=O) groups excluding carboxylic acids is 2. The normalized spacial score (nSPS) is 13.1. The molecule has 32 heavy (non-hydrogen) atoms. The molecule has 0 spiro atoms. The van der Waals surface area contributed by atoms with Crippen LogP contribution in [0.25, 0.3) is 6.08 Å². The van der Waals surface area contributed by atoms with E-state index in [4.69, 9.17) is 0 Å². The summed E-state index contributed by atoms with van der Waals surface area (Å²) in [6.07, 6.45) is 17.1. The second kappa shape index (κ2) is 18.4. The average Bonchev–Trinajstić information content (AvgIpc) is 2.80. The van der Waals surface area contributed by atoms with Crippen LogP contribution in [0.15, 0.2) is 36.4 Å². The molecule has 5 nitrogen and oxygen atoms in total. The van der Waals surface area contributed by atoms with Gasteiger partial charge in [-0.2, -0.15) is 0 Å². The Kier molecular flexibility index (Phi) is 16.1. The van der Waals surface area contributed by atoms with Crippen LogP contribution in [0.2, 0.25) is 0 Å². The summed E-state index contributed by atoms with van der Waals surface area (Å²) < 4.78 is 0. The van der Waals surface area contributed by atoms with Crippen molar-refractivity contribution >= 4 is 17.9 Å². The summed E-state index contributed by atoms with van der Waals surface area (Å²) in [5.74, 6) is -0.776. The van der Waals surface area contributed by atoms with Crippen molar-refractivity contribution in [3.8, 4) is 0 Å². The summed E-state index contributed by atoms with van der Waals surface area (Å²) in [6, 6.07) is 8.82. The van der Waals surface area contributed by atoms with E-state index in [0.717, 1.165) is 18.4 Å². The molecule has 0 fully saturated rings. The Hall–Kier alpha value is -2.14. The monoisotopic (exact) mass is 444 g/mol. The number of aliphatic hydroxyl groups is 1. The third-order valence-corrected chi connectivity index (χ3v) is 5.67. The Morgan fingerprint density at radius 3 is 1.97 bits per heavy atom. The maximum absolute atomic E-state index is 12.1. The van der Waals surface area contributed by atoms with Gasteiger partial charge in [-0.25, -0.2) is 0 Å². The van der Waals surface area contributed by atoms with Crippen molar-refractivity contribution in [1.82, 2.24) is 10.6 Å². The molecule has 3 N–H and O–H groups in total. The summed E-state index contributed by atoms with van der Waals surface area (Å²) in [4.78, 5) is 24.1. The Bertz CT molecular complexity index is 646. The Morgan fingerprint density at radius 2 is 1.41 bits per heavy atom. The fraction of sp³-hybridized carbons (Fsp3) is 0.630. The van der Waals surface area contributed by atoms with Crippen LogP contribution in [0, 0.1) is 0 Å². The molecular weight excluding hydrogens is 400 g/mol. The number of amides is 2. The summed E-state index contributed by atoms with van der Waals surface area (Å²) in [5.41, 5.74) is 0.913. The Morgan fingerprint density at radius 1 is 0.875 bits per heavy atom. The first-order chi connectivity index (χ1) is 15.5. The molecule has 0 bridgehead atoms. The fourth-order valence-electron chi connectivity index (χ4n) is 3.60. The van der Waals surface area contributed by atoms with Gasteiger partial charge in [0.25, 0.3) is 5.91 Å². The first-order valence-corrected chi connectivity index (χ1v) is 12.5. The highest BCUT2D eigenvalue weighted by molar-refractivity contribution is 5.92. The Labute approximate surface area is 195 Å². The van der Waals surface area contributed by atoms with E-state index in [9.17, 15) is 14.7 Å². The zero-order chi connectivity index (χ0) is 23.4. The van der Waals surface area contributed by atoms with Gasteiger partial charge in [-0.05, 0) is 25.0 Å². The molecule has 1 aromatic rings. The summed E-state index contributed by atoms with van der Waals surface area (Å²) in [7, 11) is 0. The average molecular weight is 445 g/mol. The number of unbranched alkanes of at least 4 members (excludes halogenated alkanes) is 11. The number of rotatable bonds is 18. The van der Waals surface area contributed by atoms with Crippen LogP contribution >= 0.6 is 0 Å². The molecular formula is C27H44N2O3. The number of nitrogens with one attached hydrogen (secondary N) is 2. The molecule has 0 aliphatic carbocycles. The highest BCUT2D eigenvalue weighted by Gasteiger charge is 2.22. The zero-order valence-electron chi connectivity index (χ0n) is 20.2. The van der Waals surface area contributed by atoms with Gasteiger partial charge < -0.3 is 15.7 Å². The minimum Gasteiger partial charge on any atom is -0.381 e. The van der Waals surface area contributed by atoms with Gasteiger partial charge >= 0.3 is 0 Å². The minimum atomic E-state index is -1.26. The lowest BCUT2D eigenvalue weighted by Gasteiger charge is -2.19. The van der Waals surface area contributed by atoms with E-state index in [-0.39, 0.29) is 5.91 Å². The molecule has 0 aliphatic rings. The molecule has 180 valence electrons. The number of hydrogen-bond acceptors (Lipinski definition) is 3. The predicted octanol–water partition coefficient (Wildman–Crippen LogP) is 5.38. The van der Waals surface area contributed by atoms with Crippen LogP contribution in [0.4, 0.5) is 0 Å². The van der Waals surface area contributed by atoms with E-state index in [1.807, 2.05) is 30.3 Å². The molecule has 2 amide bonds. The third-order valence-electron chi connectivity index (χ3n) is 5.67. The molecule has 1 aromatic carbocycles. The molecule has 0 saturated heterocycles. The van der Waals surface area contributed by atoms with E-state index in [2.05, 4.69) is 17.6 Å². The van der Waals surface area contributed by atoms with Gasteiger partial charge in [0.2, 0.25) is 5.91 Å². The van der Waals surface area contributed by atoms with Crippen molar-refractivity contribution in [1.29, 1.82) is 0 Å². The fourth-order valence-corrected chi connectivity index (χ4v) is 3.60. The summed E-state index contributed by atoms with van der Waals surface area (Å²) in [6.45, 7) is 4.44. The number of carbonyl (C=O) groups is 2. The van der Waals surface area contributed by atoms with Crippen LogP contribution < -0.4 is 10.6 Å². The topological polar surface area (TPSA) is 78.4 Å². The van der Waals surface area contributed by atoms with Crippen LogP contribution in [0.5, 0.6) is 0 Å². The Balaban J connectivity index is 2.04. The number of aliphatic hydroxyl groups excluding tert-OH is 1. The van der Waals surface area contributed by atoms with E-state index < -0.39 is 18.1 Å². The van der Waals surface area contributed by atoms with Crippen molar-refractivity contribution in [3.05, 3.63) is 42.0 Å². The minimum absolute atomic E-state index is 0.339. The molecule has 0 heterocycles. The standard InChI is InChI=1S/C27H44N2O3/c1-3-4-5-6-7-8-9-10-11-12-13-17-22-28-27(32)26(31)23(2)29-25(30)21-20-24-18-15-14-16-19-24/h14-16,18-21,23,26,31H,3-13,17,22H2,1-2H3,(H,28,32)(H,29,30)/b21-20+/t23-,26+/m0/s1. The lowest BCUT2D eigenvalue weighted by molar-refractivity contribution is -0.131. The van der Waals surface area contributed by atoms with Crippen LogP contribution in [0.1, 0.15) is 96.5 Å². The molecule has 1 rings (SSSR count). The van der Waals surface area contributed by atoms with E-state index in [0.29, 0.717) is 6.54 Å². The van der Waals surface area contributed by atoms with Crippen molar-refractivity contribution in [2.45, 2.75) is 103 Å². The SMILES string of the molecule is CCCCCCCCCCCCCCNC(=O)[C@H](O)[C@H](C)NC(=O)/C=C/c1ccccc1. The van der Waals surface area contributed by atoms with Crippen LogP contribution in [0.3, 0.4) is 0 Å². The molecule has 0 radical (unpaired) electrons. The second-order valence-corrected chi connectivity index (χ2v) is 8.67. The second-order valence-electron chi connectivity index (χ2n) is 8.67. The van der Waals surface area contributed by atoms with Gasteiger partial charge in [-0.3, -0.25) is 9.59 Å². The quantitative estimate of drug-likeness (QED) is 0.210. The van der Waals surface area contributed by atoms with Gasteiger partial charge in [-0.15, -0.1) is 0 Å². The largest absolute Gasteiger partial charge is 0.381 e. The van der Waals surface area contributed by atoms with E-state index in [1.54, 1.807) is 13.0 Å². The van der Waals surface area contributed by atoms with Crippen molar-refractivity contribution in [2.75, 3.05) is 6.54 Å². The zero-order valence-corrected chi connectivity index (χ0v) is 20.2. The van der Waals surface area contributed by atoms with Gasteiger partial charge in [0.1, 0.15) is 0 Å². The maximum Gasteiger partial charge on any atom is 0.250 e. The molecule has 0 aromatic heterocycles. The first kappa shape index (κ1) is 27.9. The van der Waals surface area contributed by atoms with E-state index >= 15 is 0 Å². The molecule has 5 heteroatoms. The highest BCUT2D eigenvalue weighted by atomic mass is 16.3. The first-order valence-electron chi connectivity index (χ1n) is 12.5. The lowest BCUT2D eigenvalue weighted by Crippen LogP contribution is -2.48. The molecule has 0 unspecified atom stereocenters. The van der Waals surface area contributed by atoms with Crippen molar-refractivity contribution in [3.63, 3.8) is 0 Å². The van der Waals surface area contributed by atoms with Crippen molar-refractivity contribution < 1.29 is 14.7 Å². The predicted molar refractivity (Wildman–Crippen MR) is 133 cm³/mol. The maximum atomic E-state index is 12.1. The molecule has 2 atom stereocenters. The number of benzene rings is 1. The number of hydrogen-bond donors (Lipinski definition) is 3. The lowest BCUT2D eigenvalue weighted by atomic mass is 10.1. The van der Waals surface area contributed by atoms with Gasteiger partial charge in [-0.1, -0.05) is 108 Å². The van der Waals surface area contributed by atoms with Gasteiger partial charge in [0, 0.05) is 12.6 Å². The van der Waals surface area contributed by atoms with Gasteiger partial charge in [0.05, 0.1) is 6.04 Å². The summed E-state index contributed by atoms with van der Waals surface area (Å²) >= 11 is 0.